The Hall–Kier alpha value is -1.55. The van der Waals surface area contributed by atoms with Crippen molar-refractivity contribution in [1.29, 1.82) is 0 Å². The molecule has 16 heavy (non-hydrogen) atoms. The SMILES string of the molecule is CCN1c2cccc(CN)c2NC(=O)C1C. The van der Waals surface area contributed by atoms with E-state index in [1.165, 1.54) is 0 Å². The molecule has 0 saturated carbocycles. The first kappa shape index (κ1) is 11.0. The van der Waals surface area contributed by atoms with E-state index in [9.17, 15) is 4.79 Å². The van der Waals surface area contributed by atoms with Crippen LogP contribution in [0.15, 0.2) is 18.2 Å². The molecule has 0 saturated heterocycles. The maximum atomic E-state index is 11.8. The number of carbonyl (C=O) groups excluding carboxylic acids is 1. The topological polar surface area (TPSA) is 58.4 Å². The van der Waals surface area contributed by atoms with Crippen molar-refractivity contribution < 1.29 is 4.79 Å². The van der Waals surface area contributed by atoms with Crippen LogP contribution in [0, 0.1) is 0 Å². The van der Waals surface area contributed by atoms with Crippen LogP contribution >= 0.6 is 0 Å². The normalized spacial score (nSPS) is 19.3. The van der Waals surface area contributed by atoms with Crippen LogP contribution in [0.3, 0.4) is 0 Å². The van der Waals surface area contributed by atoms with Gasteiger partial charge < -0.3 is 16.0 Å². The van der Waals surface area contributed by atoms with E-state index < -0.39 is 0 Å². The average molecular weight is 219 g/mol. The molecule has 1 heterocycles. The van der Waals surface area contributed by atoms with Gasteiger partial charge in [-0.25, -0.2) is 0 Å². The number of anilines is 2. The van der Waals surface area contributed by atoms with Gasteiger partial charge in [-0.1, -0.05) is 12.1 Å². The number of amides is 1. The molecule has 1 atom stereocenters. The van der Waals surface area contributed by atoms with Gasteiger partial charge in [0.05, 0.1) is 11.4 Å². The van der Waals surface area contributed by atoms with Crippen molar-refractivity contribution in [2.45, 2.75) is 26.4 Å². The van der Waals surface area contributed by atoms with E-state index >= 15 is 0 Å². The van der Waals surface area contributed by atoms with Gasteiger partial charge >= 0.3 is 0 Å². The lowest BCUT2D eigenvalue weighted by molar-refractivity contribution is -0.117. The maximum absolute atomic E-state index is 11.8. The number of likely N-dealkylation sites (N-methyl/N-ethyl adjacent to an activating group) is 1. The quantitative estimate of drug-likeness (QED) is 0.788. The van der Waals surface area contributed by atoms with Crippen LogP contribution in [-0.2, 0) is 11.3 Å². The van der Waals surface area contributed by atoms with Crippen molar-refractivity contribution in [2.24, 2.45) is 5.73 Å². The van der Waals surface area contributed by atoms with Gasteiger partial charge in [0.1, 0.15) is 6.04 Å². The van der Waals surface area contributed by atoms with Gasteiger partial charge in [-0.3, -0.25) is 4.79 Å². The number of benzene rings is 1. The van der Waals surface area contributed by atoms with Crippen LogP contribution in [0.1, 0.15) is 19.4 Å². The molecule has 0 radical (unpaired) electrons. The molecule has 1 amide bonds. The number of hydrogen-bond donors (Lipinski definition) is 2. The summed E-state index contributed by atoms with van der Waals surface area (Å²) in [5.74, 6) is 0.0373. The van der Waals surface area contributed by atoms with E-state index in [0.29, 0.717) is 6.54 Å². The minimum Gasteiger partial charge on any atom is -0.358 e. The second-order valence-electron chi connectivity index (χ2n) is 3.97. The Labute approximate surface area is 95.4 Å². The third-order valence-corrected chi connectivity index (χ3v) is 3.09. The van der Waals surface area contributed by atoms with Gasteiger partial charge in [0, 0.05) is 13.1 Å². The van der Waals surface area contributed by atoms with Gasteiger partial charge in [-0.2, -0.15) is 0 Å². The highest BCUT2D eigenvalue weighted by atomic mass is 16.2. The fourth-order valence-corrected chi connectivity index (χ4v) is 2.16. The van der Waals surface area contributed by atoms with E-state index in [1.54, 1.807) is 0 Å². The van der Waals surface area contributed by atoms with Gasteiger partial charge in [0.25, 0.3) is 0 Å². The van der Waals surface area contributed by atoms with Gasteiger partial charge in [0.15, 0.2) is 0 Å². The standard InChI is InChI=1S/C12H17N3O/c1-3-15-8(2)12(16)14-11-9(7-13)5-4-6-10(11)15/h4-6,8H,3,7,13H2,1-2H3,(H,14,16). The van der Waals surface area contributed by atoms with E-state index in [2.05, 4.69) is 10.2 Å². The second kappa shape index (κ2) is 4.14. The van der Waals surface area contributed by atoms with E-state index in [0.717, 1.165) is 23.5 Å². The largest absolute Gasteiger partial charge is 0.358 e. The lowest BCUT2D eigenvalue weighted by Gasteiger charge is -2.36. The molecule has 3 N–H and O–H groups in total. The summed E-state index contributed by atoms with van der Waals surface area (Å²) in [6.07, 6.45) is 0. The van der Waals surface area contributed by atoms with Crippen LogP contribution in [-0.4, -0.2) is 18.5 Å². The molecule has 1 unspecified atom stereocenters. The molecule has 0 fully saturated rings. The number of fused-ring (bicyclic) bond motifs is 1. The lowest BCUT2D eigenvalue weighted by atomic mass is 10.0. The molecule has 1 aromatic rings. The first-order valence-corrected chi connectivity index (χ1v) is 5.58. The Balaban J connectivity index is 2.53. The van der Waals surface area contributed by atoms with Crippen molar-refractivity contribution in [2.75, 3.05) is 16.8 Å². The van der Waals surface area contributed by atoms with Crippen LogP contribution in [0.2, 0.25) is 0 Å². The average Bonchev–Trinajstić information content (AvgIpc) is 2.30. The monoisotopic (exact) mass is 219 g/mol. The van der Waals surface area contributed by atoms with Gasteiger partial charge in [0.2, 0.25) is 5.91 Å². The minimum atomic E-state index is -0.120. The minimum absolute atomic E-state index is 0.0373. The molecule has 86 valence electrons. The first-order valence-electron chi connectivity index (χ1n) is 5.58. The van der Waals surface area contributed by atoms with Crippen molar-refractivity contribution in [3.8, 4) is 0 Å². The van der Waals surface area contributed by atoms with Crippen LogP contribution in [0.4, 0.5) is 11.4 Å². The Morgan fingerprint density at radius 1 is 1.50 bits per heavy atom. The molecule has 0 bridgehead atoms. The first-order chi connectivity index (χ1) is 7.69. The zero-order chi connectivity index (χ0) is 11.7. The molecule has 1 aliphatic rings. The third kappa shape index (κ3) is 1.55. The summed E-state index contributed by atoms with van der Waals surface area (Å²) in [7, 11) is 0. The molecule has 0 aliphatic carbocycles. The highest BCUT2D eigenvalue weighted by Crippen LogP contribution is 2.34. The summed E-state index contributed by atoms with van der Waals surface area (Å²) in [4.78, 5) is 13.9. The Bertz CT molecular complexity index is 417. The summed E-state index contributed by atoms with van der Waals surface area (Å²) in [6.45, 7) is 5.22. The summed E-state index contributed by atoms with van der Waals surface area (Å²) in [5, 5.41) is 2.93. The highest BCUT2D eigenvalue weighted by molar-refractivity contribution is 6.04. The third-order valence-electron chi connectivity index (χ3n) is 3.09. The predicted octanol–water partition coefficient (Wildman–Crippen LogP) is 1.31. The van der Waals surface area contributed by atoms with Crippen LogP contribution < -0.4 is 16.0 Å². The van der Waals surface area contributed by atoms with Crippen molar-refractivity contribution in [1.82, 2.24) is 0 Å². The summed E-state index contributed by atoms with van der Waals surface area (Å²) in [5.41, 5.74) is 8.59. The van der Waals surface area contributed by atoms with Gasteiger partial charge in [-0.15, -0.1) is 0 Å². The predicted molar refractivity (Wildman–Crippen MR) is 65.4 cm³/mol. The number of carbonyl (C=O) groups is 1. The highest BCUT2D eigenvalue weighted by Gasteiger charge is 2.29. The van der Waals surface area contributed by atoms with Crippen molar-refractivity contribution >= 4 is 17.3 Å². The second-order valence-corrected chi connectivity index (χ2v) is 3.97. The summed E-state index contributed by atoms with van der Waals surface area (Å²) in [6, 6.07) is 5.83. The molecule has 1 aliphatic heterocycles. The molecule has 0 spiro atoms. The number of para-hydroxylation sites is 1. The zero-order valence-electron chi connectivity index (χ0n) is 9.66. The molecule has 1 aromatic carbocycles. The fourth-order valence-electron chi connectivity index (χ4n) is 2.16. The van der Waals surface area contributed by atoms with Crippen LogP contribution in [0.5, 0.6) is 0 Å². The Kier molecular flexibility index (Phi) is 2.83. The number of nitrogens with one attached hydrogen (secondary N) is 1. The number of rotatable bonds is 2. The van der Waals surface area contributed by atoms with Crippen molar-refractivity contribution in [3.05, 3.63) is 23.8 Å². The van der Waals surface area contributed by atoms with E-state index in [-0.39, 0.29) is 11.9 Å². The molecular weight excluding hydrogens is 202 g/mol. The zero-order valence-corrected chi connectivity index (χ0v) is 9.66. The van der Waals surface area contributed by atoms with E-state index in [4.69, 9.17) is 5.73 Å². The molecule has 2 rings (SSSR count). The Morgan fingerprint density at radius 3 is 2.88 bits per heavy atom. The van der Waals surface area contributed by atoms with E-state index in [1.807, 2.05) is 32.0 Å². The molecule has 4 heteroatoms. The fraction of sp³-hybridized carbons (Fsp3) is 0.417. The summed E-state index contributed by atoms with van der Waals surface area (Å²) < 4.78 is 0. The number of nitrogens with two attached hydrogens (primary N) is 1. The van der Waals surface area contributed by atoms with Crippen LogP contribution in [0.25, 0.3) is 0 Å². The smallest absolute Gasteiger partial charge is 0.246 e. The van der Waals surface area contributed by atoms with Crippen molar-refractivity contribution in [3.63, 3.8) is 0 Å². The van der Waals surface area contributed by atoms with Gasteiger partial charge in [-0.05, 0) is 25.5 Å². The lowest BCUT2D eigenvalue weighted by Crippen LogP contribution is -2.46. The molecular formula is C12H17N3O. The number of hydrogen-bond acceptors (Lipinski definition) is 3. The molecule has 4 nitrogen and oxygen atoms in total. The number of nitrogens with zero attached hydrogens (tertiary/aromatic N) is 1. The maximum Gasteiger partial charge on any atom is 0.246 e. The Morgan fingerprint density at radius 2 is 2.25 bits per heavy atom. The molecule has 0 aromatic heterocycles. The summed E-state index contributed by atoms with van der Waals surface area (Å²) >= 11 is 0.